The maximum Gasteiger partial charge on any atom is 0.0465 e. The molecule has 1 nitrogen and oxygen atoms in total. The minimum Gasteiger partial charge on any atom is -0.355 e. The number of benzene rings is 2. The molecule has 2 aromatic carbocycles. The fraction of sp³-hybridized carbons (Fsp3) is 0.222. The van der Waals surface area contributed by atoms with Crippen LogP contribution in [0.3, 0.4) is 0 Å². The van der Waals surface area contributed by atoms with Gasteiger partial charge >= 0.3 is 0 Å². The van der Waals surface area contributed by atoms with Crippen molar-refractivity contribution in [2.45, 2.75) is 43.9 Å². The van der Waals surface area contributed by atoms with Gasteiger partial charge in [0.2, 0.25) is 0 Å². The van der Waals surface area contributed by atoms with Crippen LogP contribution in [-0.4, -0.2) is 4.98 Å². The van der Waals surface area contributed by atoms with E-state index in [1.54, 1.807) is 5.56 Å². The van der Waals surface area contributed by atoms with Crippen molar-refractivity contribution in [2.75, 3.05) is 0 Å². The summed E-state index contributed by atoms with van der Waals surface area (Å²) in [6.45, 7) is 4.90. The van der Waals surface area contributed by atoms with Crippen LogP contribution < -0.4 is 10.6 Å². The zero-order valence-electron chi connectivity index (χ0n) is 21.5. The van der Waals surface area contributed by atoms with Crippen molar-refractivity contribution in [3.63, 3.8) is 0 Å². The largest absolute Gasteiger partial charge is 0.355 e. The monoisotopic (exact) mass is 477 g/mol. The standard InChI is InChI=1S/C36H31N/c1-34(2)30-12-6-7-13-31(30)35-20-19-27(22-36(34,35)23-35)25-10-8-9-24(15-16-25)26-17-18-33-29(21-26)28-11-4-3-5-14-32(28)37-33/h3,5-8,10-22,37H,4,9,23H2,1-2H3. The maximum absolute atomic E-state index is 3.59. The minimum atomic E-state index is 0.142. The predicted molar refractivity (Wildman–Crippen MR) is 155 cm³/mol. The molecule has 1 heterocycles. The van der Waals surface area contributed by atoms with E-state index in [-0.39, 0.29) is 16.2 Å². The van der Waals surface area contributed by atoms with E-state index >= 15 is 0 Å². The van der Waals surface area contributed by atoms with Gasteiger partial charge in [-0.05, 0) is 70.9 Å². The van der Waals surface area contributed by atoms with Gasteiger partial charge in [0.25, 0.3) is 0 Å². The number of nitrogens with one attached hydrogen (secondary N) is 1. The van der Waals surface area contributed by atoms with Crippen molar-refractivity contribution in [3.8, 4) is 0 Å². The molecule has 1 heteroatoms. The molecule has 0 saturated heterocycles. The second-order valence-corrected chi connectivity index (χ2v) is 11.9. The average molecular weight is 478 g/mol. The molecular formula is C36H31N. The Labute approximate surface area is 218 Å². The Bertz CT molecular complexity index is 1830. The van der Waals surface area contributed by atoms with E-state index in [1.807, 2.05) is 0 Å². The van der Waals surface area contributed by atoms with Crippen molar-refractivity contribution in [1.82, 2.24) is 4.98 Å². The number of hydrogen-bond acceptors (Lipinski definition) is 0. The molecule has 2 unspecified atom stereocenters. The highest BCUT2D eigenvalue weighted by atomic mass is 14.8. The van der Waals surface area contributed by atoms with Gasteiger partial charge < -0.3 is 4.98 Å². The van der Waals surface area contributed by atoms with Crippen LogP contribution in [-0.2, 0) is 10.8 Å². The smallest absolute Gasteiger partial charge is 0.0465 e. The Morgan fingerprint density at radius 3 is 2.68 bits per heavy atom. The topological polar surface area (TPSA) is 15.8 Å². The van der Waals surface area contributed by atoms with Gasteiger partial charge in [-0.3, -0.25) is 0 Å². The minimum absolute atomic E-state index is 0.142. The van der Waals surface area contributed by atoms with E-state index in [0.717, 1.165) is 12.8 Å². The van der Waals surface area contributed by atoms with Gasteiger partial charge in [-0.2, -0.15) is 0 Å². The number of hydrogen-bond donors (Lipinski definition) is 1. The van der Waals surface area contributed by atoms with Crippen LogP contribution in [0.15, 0.2) is 108 Å². The molecule has 5 aliphatic carbocycles. The van der Waals surface area contributed by atoms with Crippen LogP contribution in [0.2, 0.25) is 0 Å². The van der Waals surface area contributed by atoms with Crippen LogP contribution in [0.25, 0.3) is 28.6 Å². The predicted octanol–water partition coefficient (Wildman–Crippen LogP) is 7.07. The number of rotatable bonds is 2. The molecule has 5 aliphatic rings. The molecule has 0 aliphatic heterocycles. The highest BCUT2D eigenvalue weighted by Crippen LogP contribution is 2.81. The number of H-pyrrole nitrogens is 1. The van der Waals surface area contributed by atoms with Crippen LogP contribution in [0.5, 0.6) is 0 Å². The third-order valence-electron chi connectivity index (χ3n) is 9.90. The first-order chi connectivity index (χ1) is 18.0. The summed E-state index contributed by atoms with van der Waals surface area (Å²) in [5.74, 6) is 0. The summed E-state index contributed by atoms with van der Waals surface area (Å²) in [5, 5.41) is 3.85. The molecule has 3 aromatic rings. The summed E-state index contributed by atoms with van der Waals surface area (Å²) >= 11 is 0. The first-order valence-electron chi connectivity index (χ1n) is 13.6. The van der Waals surface area contributed by atoms with Crippen LogP contribution in [0.1, 0.15) is 49.8 Å². The number of aromatic nitrogens is 1. The fourth-order valence-corrected chi connectivity index (χ4v) is 7.80. The quantitative estimate of drug-likeness (QED) is 0.406. The van der Waals surface area contributed by atoms with Gasteiger partial charge in [0.1, 0.15) is 0 Å². The number of aromatic amines is 1. The summed E-state index contributed by atoms with van der Waals surface area (Å²) in [4.78, 5) is 3.59. The molecule has 0 bridgehead atoms. The third-order valence-corrected chi connectivity index (χ3v) is 9.90. The molecule has 0 spiro atoms. The van der Waals surface area contributed by atoms with E-state index in [2.05, 4.69) is 128 Å². The van der Waals surface area contributed by atoms with E-state index < -0.39 is 0 Å². The third kappa shape index (κ3) is 2.70. The van der Waals surface area contributed by atoms with Gasteiger partial charge in [0.15, 0.2) is 0 Å². The second-order valence-electron chi connectivity index (χ2n) is 11.9. The lowest BCUT2D eigenvalue weighted by molar-refractivity contribution is 0.359. The van der Waals surface area contributed by atoms with Crippen molar-refractivity contribution >= 4 is 28.6 Å². The second kappa shape index (κ2) is 7.13. The highest BCUT2D eigenvalue weighted by Gasteiger charge is 2.77. The van der Waals surface area contributed by atoms with Gasteiger partial charge in [-0.15, -0.1) is 0 Å². The first kappa shape index (κ1) is 21.3. The fourth-order valence-electron chi connectivity index (χ4n) is 7.80. The lowest BCUT2D eigenvalue weighted by atomic mass is 9.70. The summed E-state index contributed by atoms with van der Waals surface area (Å²) in [5.41, 5.74) is 10.2. The Kier molecular flexibility index (Phi) is 4.10. The Morgan fingerprint density at radius 2 is 1.76 bits per heavy atom. The van der Waals surface area contributed by atoms with Crippen molar-refractivity contribution in [3.05, 3.63) is 136 Å². The van der Waals surface area contributed by atoms with Gasteiger partial charge in [-0.25, -0.2) is 0 Å². The van der Waals surface area contributed by atoms with Crippen molar-refractivity contribution in [1.29, 1.82) is 0 Å². The number of fused-ring (bicyclic) bond motifs is 4. The van der Waals surface area contributed by atoms with Crippen LogP contribution in [0, 0.1) is 5.41 Å². The van der Waals surface area contributed by atoms with Crippen molar-refractivity contribution < 1.29 is 0 Å². The number of allylic oxidation sites excluding steroid dienone is 12. The van der Waals surface area contributed by atoms with Gasteiger partial charge in [-0.1, -0.05) is 105 Å². The normalized spacial score (nSPS) is 27.9. The molecule has 2 atom stereocenters. The van der Waals surface area contributed by atoms with Crippen LogP contribution >= 0.6 is 0 Å². The molecule has 37 heavy (non-hydrogen) atoms. The molecule has 0 amide bonds. The lowest BCUT2D eigenvalue weighted by Gasteiger charge is -2.32. The summed E-state index contributed by atoms with van der Waals surface area (Å²) in [7, 11) is 0. The van der Waals surface area contributed by atoms with E-state index in [9.17, 15) is 0 Å². The Morgan fingerprint density at radius 1 is 0.865 bits per heavy atom. The molecule has 1 fully saturated rings. The molecule has 1 saturated carbocycles. The van der Waals surface area contributed by atoms with Crippen LogP contribution in [0.4, 0.5) is 0 Å². The Hall–Kier alpha value is -3.84. The zero-order valence-corrected chi connectivity index (χ0v) is 21.5. The first-order valence-corrected chi connectivity index (χ1v) is 13.6. The summed E-state index contributed by atoms with van der Waals surface area (Å²) < 4.78 is 0. The van der Waals surface area contributed by atoms with Gasteiger partial charge in [0, 0.05) is 37.7 Å². The molecule has 1 aromatic heterocycles. The van der Waals surface area contributed by atoms with Crippen molar-refractivity contribution in [2.24, 2.45) is 5.41 Å². The SMILES string of the molecule is CC1(C)c2ccccc2C23C=CC(C4=CC=C(c5ccc6[nH]c7c(c6c5)=CCC=CC=7)CC=C4)=CC12C3. The summed E-state index contributed by atoms with van der Waals surface area (Å²) in [6, 6.07) is 16.0. The molecule has 1 N–H and O–H groups in total. The zero-order chi connectivity index (χ0) is 24.8. The molecule has 180 valence electrons. The lowest BCUT2D eigenvalue weighted by Crippen LogP contribution is -2.29. The summed E-state index contributed by atoms with van der Waals surface area (Å²) in [6.07, 6.45) is 28.9. The van der Waals surface area contributed by atoms with E-state index in [0.29, 0.717) is 0 Å². The molecule has 0 radical (unpaired) electrons. The van der Waals surface area contributed by atoms with E-state index in [1.165, 1.54) is 55.7 Å². The molecular weight excluding hydrogens is 446 g/mol. The highest BCUT2D eigenvalue weighted by molar-refractivity contribution is 5.86. The molecule has 8 rings (SSSR count). The van der Waals surface area contributed by atoms with Gasteiger partial charge in [0.05, 0.1) is 0 Å². The maximum atomic E-state index is 3.59. The van der Waals surface area contributed by atoms with E-state index in [4.69, 9.17) is 0 Å². The average Bonchev–Trinajstić information content (AvgIpc) is 3.60. The Balaban J connectivity index is 1.18.